The molecule has 1 aromatic carbocycles. The molecule has 3 aromatic rings. The number of hydrogen-bond donors (Lipinski definition) is 1. The standard InChI is InChI=1S/C17H17Br2N5/c18-12-9-13(19)17-14(10-12)21-15(22-17)11-23-5-7-24(8-6-23)16-3-1-2-4-20-16/h1-4,9-10H,5-8,11H2,(H,21,22). The Balaban J connectivity index is 1.43. The molecule has 0 bridgehead atoms. The van der Waals surface area contributed by atoms with Crippen LogP contribution in [0.1, 0.15) is 5.82 Å². The van der Waals surface area contributed by atoms with Crippen molar-refractivity contribution in [2.75, 3.05) is 31.1 Å². The van der Waals surface area contributed by atoms with Crippen molar-refractivity contribution in [2.45, 2.75) is 6.54 Å². The molecule has 0 spiro atoms. The van der Waals surface area contributed by atoms with Crippen molar-refractivity contribution in [1.82, 2.24) is 19.9 Å². The third kappa shape index (κ3) is 3.34. The Morgan fingerprint density at radius 1 is 1.08 bits per heavy atom. The number of piperazine rings is 1. The van der Waals surface area contributed by atoms with Gasteiger partial charge in [0.25, 0.3) is 0 Å². The van der Waals surface area contributed by atoms with Crippen LogP contribution in [0.15, 0.2) is 45.5 Å². The van der Waals surface area contributed by atoms with Gasteiger partial charge in [-0.25, -0.2) is 9.97 Å². The van der Waals surface area contributed by atoms with Crippen LogP contribution in [0.2, 0.25) is 0 Å². The summed E-state index contributed by atoms with van der Waals surface area (Å²) >= 11 is 7.10. The molecule has 1 aliphatic heterocycles. The molecule has 1 saturated heterocycles. The number of hydrogen-bond acceptors (Lipinski definition) is 4. The molecular formula is C17H17Br2N5. The van der Waals surface area contributed by atoms with E-state index in [-0.39, 0.29) is 0 Å². The number of pyridine rings is 1. The second-order valence-electron chi connectivity index (χ2n) is 5.92. The number of anilines is 1. The first-order valence-electron chi connectivity index (χ1n) is 7.91. The highest BCUT2D eigenvalue weighted by molar-refractivity contribution is 9.11. The minimum Gasteiger partial charge on any atom is -0.354 e. The number of H-pyrrole nitrogens is 1. The number of rotatable bonds is 3. The van der Waals surface area contributed by atoms with E-state index in [0.29, 0.717) is 0 Å². The van der Waals surface area contributed by atoms with Gasteiger partial charge in [-0.15, -0.1) is 0 Å². The SMILES string of the molecule is Brc1cc(Br)c2nc(CN3CCN(c4ccccn4)CC3)[nH]c2c1. The summed E-state index contributed by atoms with van der Waals surface area (Å²) in [6.07, 6.45) is 1.85. The van der Waals surface area contributed by atoms with Crippen molar-refractivity contribution >= 4 is 48.7 Å². The van der Waals surface area contributed by atoms with Crippen LogP contribution in [0.5, 0.6) is 0 Å². The second kappa shape index (κ2) is 6.82. The highest BCUT2D eigenvalue weighted by atomic mass is 79.9. The lowest BCUT2D eigenvalue weighted by Gasteiger charge is -2.34. The molecule has 0 unspecified atom stereocenters. The van der Waals surface area contributed by atoms with Gasteiger partial charge in [-0.3, -0.25) is 4.90 Å². The van der Waals surface area contributed by atoms with Crippen molar-refractivity contribution in [3.05, 3.63) is 51.3 Å². The molecule has 7 heteroatoms. The lowest BCUT2D eigenvalue weighted by Crippen LogP contribution is -2.46. The molecule has 2 aromatic heterocycles. The Kier molecular flexibility index (Phi) is 4.56. The Morgan fingerprint density at radius 3 is 2.67 bits per heavy atom. The number of nitrogens with zero attached hydrogens (tertiary/aromatic N) is 4. The van der Waals surface area contributed by atoms with Gasteiger partial charge in [0.05, 0.1) is 12.1 Å². The number of imidazole rings is 1. The van der Waals surface area contributed by atoms with Gasteiger partial charge in [-0.2, -0.15) is 0 Å². The van der Waals surface area contributed by atoms with Crippen LogP contribution in [0.3, 0.4) is 0 Å². The molecule has 4 rings (SSSR count). The third-order valence-corrected chi connectivity index (χ3v) is 5.34. The molecule has 124 valence electrons. The summed E-state index contributed by atoms with van der Waals surface area (Å²) in [6, 6.07) is 10.2. The summed E-state index contributed by atoms with van der Waals surface area (Å²) in [5, 5.41) is 0. The number of fused-ring (bicyclic) bond motifs is 1. The number of nitrogens with one attached hydrogen (secondary N) is 1. The number of aromatic nitrogens is 3. The molecule has 1 fully saturated rings. The zero-order valence-corrected chi connectivity index (χ0v) is 16.2. The minimum absolute atomic E-state index is 0.842. The van der Waals surface area contributed by atoms with Gasteiger partial charge in [-0.05, 0) is 40.2 Å². The predicted octanol–water partition coefficient (Wildman–Crippen LogP) is 3.81. The van der Waals surface area contributed by atoms with Crippen LogP contribution in [-0.2, 0) is 6.54 Å². The first-order chi connectivity index (χ1) is 11.7. The summed E-state index contributed by atoms with van der Waals surface area (Å²) < 4.78 is 2.05. The summed E-state index contributed by atoms with van der Waals surface area (Å²) in [6.45, 7) is 4.85. The molecule has 1 aliphatic rings. The molecule has 0 atom stereocenters. The first kappa shape index (κ1) is 16.1. The first-order valence-corrected chi connectivity index (χ1v) is 9.49. The van der Waals surface area contributed by atoms with E-state index in [0.717, 1.165) is 64.3 Å². The molecule has 5 nitrogen and oxygen atoms in total. The Labute approximate surface area is 157 Å². The van der Waals surface area contributed by atoms with E-state index >= 15 is 0 Å². The van der Waals surface area contributed by atoms with Crippen LogP contribution in [-0.4, -0.2) is 46.0 Å². The largest absolute Gasteiger partial charge is 0.354 e. The van der Waals surface area contributed by atoms with E-state index in [9.17, 15) is 0 Å². The fourth-order valence-corrected chi connectivity index (χ4v) is 4.37. The molecule has 0 aliphatic carbocycles. The van der Waals surface area contributed by atoms with Crippen LogP contribution in [0.25, 0.3) is 11.0 Å². The van der Waals surface area contributed by atoms with E-state index < -0.39 is 0 Å². The molecule has 0 amide bonds. The Hall–Kier alpha value is -1.44. The Morgan fingerprint density at radius 2 is 1.92 bits per heavy atom. The van der Waals surface area contributed by atoms with Gasteiger partial charge in [0.1, 0.15) is 17.2 Å². The summed E-state index contributed by atoms with van der Waals surface area (Å²) in [7, 11) is 0. The van der Waals surface area contributed by atoms with Crippen LogP contribution < -0.4 is 4.90 Å². The van der Waals surface area contributed by atoms with Crippen LogP contribution in [0.4, 0.5) is 5.82 Å². The zero-order chi connectivity index (χ0) is 16.5. The molecule has 0 saturated carbocycles. The lowest BCUT2D eigenvalue weighted by atomic mass is 10.3. The van der Waals surface area contributed by atoms with E-state index in [1.54, 1.807) is 0 Å². The van der Waals surface area contributed by atoms with Gasteiger partial charge >= 0.3 is 0 Å². The fraction of sp³-hybridized carbons (Fsp3) is 0.294. The van der Waals surface area contributed by atoms with E-state index in [1.165, 1.54) is 0 Å². The zero-order valence-electron chi connectivity index (χ0n) is 13.0. The van der Waals surface area contributed by atoms with Gasteiger partial charge < -0.3 is 9.88 Å². The van der Waals surface area contributed by atoms with Crippen molar-refractivity contribution in [3.63, 3.8) is 0 Å². The van der Waals surface area contributed by atoms with Gasteiger partial charge in [-0.1, -0.05) is 22.0 Å². The van der Waals surface area contributed by atoms with Crippen LogP contribution in [0, 0.1) is 0 Å². The van der Waals surface area contributed by atoms with Gasteiger partial charge in [0.15, 0.2) is 0 Å². The number of halogens is 2. The number of aromatic amines is 1. The molecule has 3 heterocycles. The second-order valence-corrected chi connectivity index (χ2v) is 7.69. The summed E-state index contributed by atoms with van der Waals surface area (Å²) in [4.78, 5) is 17.4. The average Bonchev–Trinajstić information content (AvgIpc) is 2.99. The van der Waals surface area contributed by atoms with E-state index in [2.05, 4.69) is 63.8 Å². The van der Waals surface area contributed by atoms with Crippen molar-refractivity contribution in [2.24, 2.45) is 0 Å². The van der Waals surface area contributed by atoms with Crippen molar-refractivity contribution in [1.29, 1.82) is 0 Å². The maximum Gasteiger partial charge on any atom is 0.128 e. The van der Waals surface area contributed by atoms with Gasteiger partial charge in [0.2, 0.25) is 0 Å². The normalized spacial score (nSPS) is 16.0. The van der Waals surface area contributed by atoms with Crippen molar-refractivity contribution in [3.8, 4) is 0 Å². The van der Waals surface area contributed by atoms with E-state index in [4.69, 9.17) is 4.98 Å². The predicted molar refractivity (Wildman–Crippen MR) is 103 cm³/mol. The molecule has 1 N–H and O–H groups in total. The maximum atomic E-state index is 4.73. The molecule has 24 heavy (non-hydrogen) atoms. The fourth-order valence-electron chi connectivity index (χ4n) is 3.06. The number of benzene rings is 1. The molecule has 0 radical (unpaired) electrons. The highest BCUT2D eigenvalue weighted by Gasteiger charge is 2.19. The third-order valence-electron chi connectivity index (χ3n) is 4.27. The average molecular weight is 451 g/mol. The summed E-state index contributed by atoms with van der Waals surface area (Å²) in [5.41, 5.74) is 2.04. The summed E-state index contributed by atoms with van der Waals surface area (Å²) in [5.74, 6) is 2.07. The monoisotopic (exact) mass is 449 g/mol. The highest BCUT2D eigenvalue weighted by Crippen LogP contribution is 2.27. The topological polar surface area (TPSA) is 48.1 Å². The minimum atomic E-state index is 0.842. The smallest absolute Gasteiger partial charge is 0.128 e. The van der Waals surface area contributed by atoms with Gasteiger partial charge in [0, 0.05) is 41.3 Å². The Bertz CT molecular complexity index is 841. The quantitative estimate of drug-likeness (QED) is 0.659. The van der Waals surface area contributed by atoms with Crippen molar-refractivity contribution < 1.29 is 0 Å². The van der Waals surface area contributed by atoms with Crippen LogP contribution >= 0.6 is 31.9 Å². The van der Waals surface area contributed by atoms with E-state index in [1.807, 2.05) is 24.4 Å². The lowest BCUT2D eigenvalue weighted by molar-refractivity contribution is 0.244. The maximum absolute atomic E-state index is 4.73. The molecular weight excluding hydrogens is 434 g/mol.